The summed E-state index contributed by atoms with van der Waals surface area (Å²) >= 11 is 1.57. The zero-order valence-electron chi connectivity index (χ0n) is 7.86. The first kappa shape index (κ1) is 10.6. The molecule has 0 fully saturated rings. The second kappa shape index (κ2) is 5.29. The number of nitrogens with zero attached hydrogens (tertiary/aromatic N) is 1. The summed E-state index contributed by atoms with van der Waals surface area (Å²) in [6.45, 7) is 4.58. The van der Waals surface area contributed by atoms with Gasteiger partial charge in [-0.15, -0.1) is 11.3 Å². The lowest BCUT2D eigenvalue weighted by Crippen LogP contribution is -2.31. The second-order valence-corrected chi connectivity index (χ2v) is 3.92. The Bertz CT molecular complexity index is 225. The number of thiazole rings is 1. The number of nitrogens with two attached hydrogens (primary N) is 1. The van der Waals surface area contributed by atoms with Gasteiger partial charge in [0.25, 0.3) is 0 Å². The first-order chi connectivity index (χ1) is 6.24. The van der Waals surface area contributed by atoms with Crippen LogP contribution in [0.1, 0.15) is 24.8 Å². The molecule has 74 valence electrons. The van der Waals surface area contributed by atoms with Crippen molar-refractivity contribution in [1.29, 1.82) is 0 Å². The molecule has 5 heteroatoms. The Morgan fingerprint density at radius 3 is 2.92 bits per heavy atom. The number of aromatic nitrogens is 1. The number of ether oxygens (including phenoxy) is 1. The van der Waals surface area contributed by atoms with Crippen molar-refractivity contribution in [3.63, 3.8) is 0 Å². The van der Waals surface area contributed by atoms with E-state index in [-0.39, 0.29) is 12.1 Å². The molecule has 0 aliphatic carbocycles. The molecular formula is C8H15N3OS. The summed E-state index contributed by atoms with van der Waals surface area (Å²) < 4.78 is 5.46. The maximum absolute atomic E-state index is 5.46. The Balaban J connectivity index is 2.44. The van der Waals surface area contributed by atoms with Gasteiger partial charge in [-0.3, -0.25) is 10.8 Å². The SMILES string of the molecule is CC(C)OCC(NN)c1cncs1. The van der Waals surface area contributed by atoms with E-state index in [0.29, 0.717) is 6.61 Å². The van der Waals surface area contributed by atoms with Gasteiger partial charge in [0.15, 0.2) is 0 Å². The van der Waals surface area contributed by atoms with Crippen LogP contribution < -0.4 is 11.3 Å². The first-order valence-electron chi connectivity index (χ1n) is 4.20. The molecule has 1 heterocycles. The van der Waals surface area contributed by atoms with Gasteiger partial charge >= 0.3 is 0 Å². The van der Waals surface area contributed by atoms with Crippen LogP contribution in [0.2, 0.25) is 0 Å². The van der Waals surface area contributed by atoms with Gasteiger partial charge in [0, 0.05) is 11.1 Å². The molecule has 4 nitrogen and oxygen atoms in total. The van der Waals surface area contributed by atoms with Gasteiger partial charge in [-0.25, -0.2) is 5.43 Å². The van der Waals surface area contributed by atoms with Crippen LogP contribution in [0.25, 0.3) is 0 Å². The van der Waals surface area contributed by atoms with E-state index >= 15 is 0 Å². The Labute approximate surface area is 82.1 Å². The van der Waals surface area contributed by atoms with E-state index in [0.717, 1.165) is 4.88 Å². The van der Waals surface area contributed by atoms with Crippen molar-refractivity contribution in [1.82, 2.24) is 10.4 Å². The summed E-state index contributed by atoms with van der Waals surface area (Å²) in [7, 11) is 0. The van der Waals surface area contributed by atoms with E-state index in [1.54, 1.807) is 23.0 Å². The zero-order valence-corrected chi connectivity index (χ0v) is 8.67. The van der Waals surface area contributed by atoms with E-state index in [1.807, 2.05) is 13.8 Å². The van der Waals surface area contributed by atoms with Crippen molar-refractivity contribution < 1.29 is 4.74 Å². The average Bonchev–Trinajstić information content (AvgIpc) is 2.58. The van der Waals surface area contributed by atoms with Crippen LogP contribution in [0, 0.1) is 0 Å². The summed E-state index contributed by atoms with van der Waals surface area (Å²) in [6, 6.07) is 0.0508. The lowest BCUT2D eigenvalue weighted by atomic mass is 10.3. The van der Waals surface area contributed by atoms with Crippen LogP contribution in [-0.2, 0) is 4.74 Å². The van der Waals surface area contributed by atoms with Gasteiger partial charge < -0.3 is 4.74 Å². The summed E-state index contributed by atoms with van der Waals surface area (Å²) in [5.74, 6) is 5.40. The molecule has 1 rings (SSSR count). The fourth-order valence-electron chi connectivity index (χ4n) is 0.899. The van der Waals surface area contributed by atoms with Crippen molar-refractivity contribution in [2.45, 2.75) is 26.0 Å². The molecule has 0 spiro atoms. The molecule has 0 radical (unpaired) electrons. The molecular weight excluding hydrogens is 186 g/mol. The van der Waals surface area contributed by atoms with Crippen LogP contribution in [0.15, 0.2) is 11.7 Å². The fourth-order valence-corrected chi connectivity index (χ4v) is 1.56. The number of hydrazine groups is 1. The largest absolute Gasteiger partial charge is 0.377 e. The van der Waals surface area contributed by atoms with Crippen LogP contribution >= 0.6 is 11.3 Å². The molecule has 0 amide bonds. The Kier molecular flexibility index (Phi) is 4.31. The third kappa shape index (κ3) is 3.40. The van der Waals surface area contributed by atoms with Crippen molar-refractivity contribution >= 4 is 11.3 Å². The molecule has 13 heavy (non-hydrogen) atoms. The molecule has 0 bridgehead atoms. The fraction of sp³-hybridized carbons (Fsp3) is 0.625. The molecule has 0 aliphatic rings. The second-order valence-electron chi connectivity index (χ2n) is 3.01. The van der Waals surface area contributed by atoms with Crippen LogP contribution in [-0.4, -0.2) is 17.7 Å². The highest BCUT2D eigenvalue weighted by atomic mass is 32.1. The highest BCUT2D eigenvalue weighted by Crippen LogP contribution is 2.16. The van der Waals surface area contributed by atoms with Gasteiger partial charge in [0.1, 0.15) is 0 Å². The van der Waals surface area contributed by atoms with Crippen LogP contribution in [0.4, 0.5) is 0 Å². The van der Waals surface area contributed by atoms with E-state index in [2.05, 4.69) is 10.4 Å². The van der Waals surface area contributed by atoms with Gasteiger partial charge in [0.2, 0.25) is 0 Å². The third-order valence-corrected chi connectivity index (χ3v) is 2.48. The number of rotatable bonds is 5. The van der Waals surface area contributed by atoms with Crippen molar-refractivity contribution in [3.8, 4) is 0 Å². The molecule has 0 aliphatic heterocycles. The average molecular weight is 201 g/mol. The molecule has 0 aromatic carbocycles. The van der Waals surface area contributed by atoms with Crippen LogP contribution in [0.3, 0.4) is 0 Å². The highest BCUT2D eigenvalue weighted by Gasteiger charge is 2.11. The quantitative estimate of drug-likeness (QED) is 0.552. The van der Waals surface area contributed by atoms with Gasteiger partial charge in [0.05, 0.1) is 24.3 Å². The van der Waals surface area contributed by atoms with Crippen molar-refractivity contribution in [2.24, 2.45) is 5.84 Å². The summed E-state index contributed by atoms with van der Waals surface area (Å²) in [5, 5.41) is 0. The van der Waals surface area contributed by atoms with Gasteiger partial charge in [-0.1, -0.05) is 0 Å². The first-order valence-corrected chi connectivity index (χ1v) is 5.08. The van der Waals surface area contributed by atoms with E-state index in [4.69, 9.17) is 10.6 Å². The predicted molar refractivity (Wildman–Crippen MR) is 53.3 cm³/mol. The monoisotopic (exact) mass is 201 g/mol. The number of hydrogen-bond acceptors (Lipinski definition) is 5. The Morgan fingerprint density at radius 2 is 2.46 bits per heavy atom. The van der Waals surface area contributed by atoms with Crippen LogP contribution in [0.5, 0.6) is 0 Å². The minimum atomic E-state index is 0.0508. The molecule has 0 saturated carbocycles. The minimum absolute atomic E-state index is 0.0508. The molecule has 3 N–H and O–H groups in total. The molecule has 1 unspecified atom stereocenters. The van der Waals surface area contributed by atoms with E-state index in [9.17, 15) is 0 Å². The standard InChI is InChI=1S/C8H15N3OS/c1-6(2)12-4-7(11-9)8-3-10-5-13-8/h3,5-7,11H,4,9H2,1-2H3. The summed E-state index contributed by atoms with van der Waals surface area (Å²) in [6.07, 6.45) is 2.03. The lowest BCUT2D eigenvalue weighted by molar-refractivity contribution is 0.0617. The van der Waals surface area contributed by atoms with E-state index < -0.39 is 0 Å². The highest BCUT2D eigenvalue weighted by molar-refractivity contribution is 7.09. The molecule has 0 saturated heterocycles. The molecule has 1 atom stereocenters. The smallest absolute Gasteiger partial charge is 0.0802 e. The maximum Gasteiger partial charge on any atom is 0.0802 e. The lowest BCUT2D eigenvalue weighted by Gasteiger charge is -2.15. The van der Waals surface area contributed by atoms with E-state index in [1.165, 1.54) is 0 Å². The third-order valence-electron chi connectivity index (χ3n) is 1.59. The van der Waals surface area contributed by atoms with Gasteiger partial charge in [-0.2, -0.15) is 0 Å². The maximum atomic E-state index is 5.46. The normalized spacial score (nSPS) is 13.5. The zero-order chi connectivity index (χ0) is 9.68. The molecule has 1 aromatic heterocycles. The number of nitrogens with one attached hydrogen (secondary N) is 1. The molecule has 1 aromatic rings. The summed E-state index contributed by atoms with van der Waals surface area (Å²) in [4.78, 5) is 5.09. The minimum Gasteiger partial charge on any atom is -0.377 e. The Morgan fingerprint density at radius 1 is 1.69 bits per heavy atom. The predicted octanol–water partition coefficient (Wildman–Crippen LogP) is 1.07. The van der Waals surface area contributed by atoms with Crippen molar-refractivity contribution in [2.75, 3.05) is 6.61 Å². The van der Waals surface area contributed by atoms with Crippen molar-refractivity contribution in [3.05, 3.63) is 16.6 Å². The Hall–Kier alpha value is -0.490. The van der Waals surface area contributed by atoms with Gasteiger partial charge in [-0.05, 0) is 13.8 Å². The number of hydrogen-bond donors (Lipinski definition) is 2. The summed E-state index contributed by atoms with van der Waals surface area (Å²) in [5.41, 5.74) is 4.49. The topological polar surface area (TPSA) is 60.2 Å².